The molecule has 0 atom stereocenters. The number of hydrogen-bond donors (Lipinski definition) is 0. The maximum Gasteiger partial charge on any atom is 0.145 e. The van der Waals surface area contributed by atoms with Gasteiger partial charge in [0.25, 0.3) is 0 Å². The lowest BCUT2D eigenvalue weighted by Gasteiger charge is -2.17. The first-order chi connectivity index (χ1) is 8.65. The van der Waals surface area contributed by atoms with E-state index in [0.29, 0.717) is 0 Å². The van der Waals surface area contributed by atoms with Crippen LogP contribution in [0, 0.1) is 6.92 Å². The van der Waals surface area contributed by atoms with Gasteiger partial charge in [-0.05, 0) is 28.9 Å². The zero-order valence-corrected chi connectivity index (χ0v) is 12.4. The molecule has 0 fully saturated rings. The highest BCUT2D eigenvalue weighted by Gasteiger charge is 2.19. The lowest BCUT2D eigenvalue weighted by Crippen LogP contribution is -1.96. The maximum atomic E-state index is 5.50. The number of methoxy groups -OCH3 is 3. The van der Waals surface area contributed by atoms with Crippen molar-refractivity contribution in [2.45, 2.75) is 6.92 Å². The second-order valence-electron chi connectivity index (χ2n) is 3.89. The van der Waals surface area contributed by atoms with Crippen LogP contribution in [0.4, 0.5) is 0 Å². The molecule has 2 aromatic carbocycles. The molecule has 2 aromatic rings. The average Bonchev–Trinajstić information content (AvgIpc) is 2.40. The van der Waals surface area contributed by atoms with Crippen molar-refractivity contribution in [1.82, 2.24) is 0 Å². The number of rotatable bonds is 3. The Balaban J connectivity index is 3.00. The molecule has 0 aliphatic heterocycles. The molecule has 0 spiro atoms. The summed E-state index contributed by atoms with van der Waals surface area (Å²) in [6.07, 6.45) is 0. The van der Waals surface area contributed by atoms with E-state index < -0.39 is 0 Å². The Labute approximate surface area is 115 Å². The molecule has 0 aliphatic rings. The third kappa shape index (κ3) is 1.81. The van der Waals surface area contributed by atoms with Gasteiger partial charge in [-0.3, -0.25) is 0 Å². The van der Waals surface area contributed by atoms with Crippen LogP contribution in [0.1, 0.15) is 5.56 Å². The fraction of sp³-hybridized carbons (Fsp3) is 0.286. The Bertz CT molecular complexity index is 593. The minimum Gasteiger partial charge on any atom is -0.496 e. The van der Waals surface area contributed by atoms with Crippen molar-refractivity contribution in [3.8, 4) is 17.2 Å². The Morgan fingerprint density at radius 2 is 1.61 bits per heavy atom. The van der Waals surface area contributed by atoms with E-state index >= 15 is 0 Å². The predicted molar refractivity (Wildman–Crippen MR) is 76.0 cm³/mol. The monoisotopic (exact) mass is 310 g/mol. The summed E-state index contributed by atoms with van der Waals surface area (Å²) in [7, 11) is 4.96. The number of ether oxygens (including phenoxy) is 3. The van der Waals surface area contributed by atoms with E-state index in [9.17, 15) is 0 Å². The molecular weight excluding hydrogens is 296 g/mol. The van der Waals surface area contributed by atoms with Gasteiger partial charge in [0.05, 0.1) is 31.2 Å². The Kier molecular flexibility index (Phi) is 3.66. The molecule has 0 aromatic heterocycles. The van der Waals surface area contributed by atoms with E-state index in [2.05, 4.69) is 15.9 Å². The molecule has 0 saturated carbocycles. The van der Waals surface area contributed by atoms with E-state index in [-0.39, 0.29) is 0 Å². The number of halogens is 1. The molecule has 0 heterocycles. The van der Waals surface area contributed by atoms with E-state index in [1.807, 2.05) is 25.1 Å². The predicted octanol–water partition coefficient (Wildman–Crippen LogP) is 3.94. The minimum absolute atomic E-state index is 0.765. The number of fused-ring (bicyclic) bond motifs is 1. The summed E-state index contributed by atoms with van der Waals surface area (Å²) in [4.78, 5) is 0. The summed E-state index contributed by atoms with van der Waals surface area (Å²) >= 11 is 3.56. The van der Waals surface area contributed by atoms with Crippen LogP contribution >= 0.6 is 15.9 Å². The molecule has 3 nitrogen and oxygen atoms in total. The zero-order valence-electron chi connectivity index (χ0n) is 10.8. The first kappa shape index (κ1) is 13.0. The largest absolute Gasteiger partial charge is 0.496 e. The quantitative estimate of drug-likeness (QED) is 0.859. The lowest BCUT2D eigenvalue weighted by atomic mass is 10.0. The van der Waals surface area contributed by atoms with Crippen LogP contribution in [-0.4, -0.2) is 21.3 Å². The highest BCUT2D eigenvalue weighted by atomic mass is 79.9. The molecular formula is C14H15BrO3. The topological polar surface area (TPSA) is 27.7 Å². The summed E-state index contributed by atoms with van der Waals surface area (Å²) in [6, 6.07) is 5.85. The molecule has 0 unspecified atom stereocenters. The van der Waals surface area contributed by atoms with E-state index in [1.54, 1.807) is 21.3 Å². The van der Waals surface area contributed by atoms with Crippen molar-refractivity contribution in [2.24, 2.45) is 0 Å². The van der Waals surface area contributed by atoms with Gasteiger partial charge in [0, 0.05) is 10.9 Å². The van der Waals surface area contributed by atoms with Crippen LogP contribution in [0.15, 0.2) is 22.7 Å². The van der Waals surface area contributed by atoms with Gasteiger partial charge in [-0.15, -0.1) is 0 Å². The molecule has 18 heavy (non-hydrogen) atoms. The standard InChI is InChI=1S/C14H15BrO3/c1-8-12(15)14(18-4)11-9(13(8)17-3)6-5-7-10(11)16-2/h5-7H,1-4H3. The third-order valence-electron chi connectivity index (χ3n) is 3.00. The van der Waals surface area contributed by atoms with Gasteiger partial charge in [0.15, 0.2) is 0 Å². The van der Waals surface area contributed by atoms with E-state index in [1.165, 1.54) is 0 Å². The fourth-order valence-electron chi connectivity index (χ4n) is 2.16. The number of benzene rings is 2. The molecule has 96 valence electrons. The molecule has 0 N–H and O–H groups in total. The van der Waals surface area contributed by atoms with Crippen molar-refractivity contribution in [1.29, 1.82) is 0 Å². The first-order valence-electron chi connectivity index (χ1n) is 5.52. The lowest BCUT2D eigenvalue weighted by molar-refractivity contribution is 0.397. The SMILES string of the molecule is COc1c(C)c(Br)c(OC)c2c(OC)cccc12. The van der Waals surface area contributed by atoms with Crippen LogP contribution in [0.2, 0.25) is 0 Å². The smallest absolute Gasteiger partial charge is 0.145 e. The van der Waals surface area contributed by atoms with Gasteiger partial charge < -0.3 is 14.2 Å². The van der Waals surface area contributed by atoms with Crippen molar-refractivity contribution >= 4 is 26.7 Å². The summed E-state index contributed by atoms with van der Waals surface area (Å²) in [5.41, 5.74) is 1.01. The summed E-state index contributed by atoms with van der Waals surface area (Å²) in [5.74, 6) is 2.36. The van der Waals surface area contributed by atoms with Crippen molar-refractivity contribution < 1.29 is 14.2 Å². The average molecular weight is 311 g/mol. The van der Waals surface area contributed by atoms with E-state index in [0.717, 1.165) is 38.1 Å². The third-order valence-corrected chi connectivity index (χ3v) is 3.95. The molecule has 0 aliphatic carbocycles. The van der Waals surface area contributed by atoms with Crippen LogP contribution < -0.4 is 14.2 Å². The molecule has 4 heteroatoms. The van der Waals surface area contributed by atoms with Gasteiger partial charge in [0.1, 0.15) is 17.2 Å². The van der Waals surface area contributed by atoms with Crippen LogP contribution in [0.25, 0.3) is 10.8 Å². The molecule has 0 saturated heterocycles. The zero-order chi connectivity index (χ0) is 13.3. The van der Waals surface area contributed by atoms with Gasteiger partial charge in [0.2, 0.25) is 0 Å². The summed E-state index contributed by atoms with van der Waals surface area (Å²) < 4.78 is 17.3. The normalized spacial score (nSPS) is 10.5. The van der Waals surface area contributed by atoms with Crippen molar-refractivity contribution in [2.75, 3.05) is 21.3 Å². The Morgan fingerprint density at radius 1 is 0.944 bits per heavy atom. The molecule has 0 bridgehead atoms. The molecule has 2 rings (SSSR count). The Morgan fingerprint density at radius 3 is 2.17 bits per heavy atom. The summed E-state index contributed by atoms with van der Waals surface area (Å²) in [5, 5.41) is 1.89. The second-order valence-corrected chi connectivity index (χ2v) is 4.68. The van der Waals surface area contributed by atoms with Gasteiger partial charge in [-0.25, -0.2) is 0 Å². The summed E-state index contributed by atoms with van der Waals surface area (Å²) in [6.45, 7) is 1.99. The highest BCUT2D eigenvalue weighted by Crippen LogP contribution is 2.46. The minimum atomic E-state index is 0.765. The van der Waals surface area contributed by atoms with Crippen molar-refractivity contribution in [3.63, 3.8) is 0 Å². The van der Waals surface area contributed by atoms with Crippen LogP contribution in [0.5, 0.6) is 17.2 Å². The van der Waals surface area contributed by atoms with Gasteiger partial charge in [-0.2, -0.15) is 0 Å². The van der Waals surface area contributed by atoms with Crippen molar-refractivity contribution in [3.05, 3.63) is 28.2 Å². The second kappa shape index (κ2) is 5.06. The van der Waals surface area contributed by atoms with Crippen LogP contribution in [0.3, 0.4) is 0 Å². The Hall–Kier alpha value is -1.42. The number of hydrogen-bond acceptors (Lipinski definition) is 3. The van der Waals surface area contributed by atoms with Gasteiger partial charge in [-0.1, -0.05) is 12.1 Å². The van der Waals surface area contributed by atoms with Gasteiger partial charge >= 0.3 is 0 Å². The highest BCUT2D eigenvalue weighted by molar-refractivity contribution is 9.10. The molecule has 0 amide bonds. The van der Waals surface area contributed by atoms with Crippen LogP contribution in [-0.2, 0) is 0 Å². The fourth-order valence-corrected chi connectivity index (χ4v) is 2.70. The first-order valence-corrected chi connectivity index (χ1v) is 6.31. The maximum absolute atomic E-state index is 5.50. The van der Waals surface area contributed by atoms with E-state index in [4.69, 9.17) is 14.2 Å². The molecule has 0 radical (unpaired) electrons.